The van der Waals surface area contributed by atoms with Crippen LogP contribution in [0.15, 0.2) is 0 Å². The van der Waals surface area contributed by atoms with Crippen LogP contribution in [0, 0.1) is 0 Å². The SMILES string of the molecule is CNC(C)(CN1CCC2CCC(C1)N2C)C(=O)O. The van der Waals surface area contributed by atoms with Crippen LogP contribution in [0.2, 0.25) is 0 Å². The van der Waals surface area contributed by atoms with Gasteiger partial charge in [0, 0.05) is 25.2 Å². The molecular formula is C13H25N3O2. The van der Waals surface area contributed by atoms with Crippen LogP contribution in [0.1, 0.15) is 26.2 Å². The molecule has 2 rings (SSSR count). The summed E-state index contributed by atoms with van der Waals surface area (Å²) in [6.07, 6.45) is 3.71. The van der Waals surface area contributed by atoms with E-state index in [0.29, 0.717) is 18.6 Å². The van der Waals surface area contributed by atoms with E-state index in [1.54, 1.807) is 14.0 Å². The molecule has 18 heavy (non-hydrogen) atoms. The largest absolute Gasteiger partial charge is 0.480 e. The molecule has 0 radical (unpaired) electrons. The number of likely N-dealkylation sites (N-methyl/N-ethyl adjacent to an activating group) is 2. The molecule has 3 atom stereocenters. The van der Waals surface area contributed by atoms with Crippen molar-refractivity contribution in [3.63, 3.8) is 0 Å². The van der Waals surface area contributed by atoms with E-state index < -0.39 is 11.5 Å². The molecule has 0 saturated carbocycles. The molecule has 2 fully saturated rings. The lowest BCUT2D eigenvalue weighted by molar-refractivity contribution is -0.144. The van der Waals surface area contributed by atoms with Crippen molar-refractivity contribution in [3.8, 4) is 0 Å². The van der Waals surface area contributed by atoms with Crippen molar-refractivity contribution in [1.82, 2.24) is 15.1 Å². The van der Waals surface area contributed by atoms with Gasteiger partial charge in [-0.05, 0) is 46.8 Å². The molecule has 0 spiro atoms. The Morgan fingerprint density at radius 1 is 1.39 bits per heavy atom. The Kier molecular flexibility index (Phi) is 3.94. The van der Waals surface area contributed by atoms with E-state index in [1.807, 2.05) is 0 Å². The van der Waals surface area contributed by atoms with E-state index in [2.05, 4.69) is 22.2 Å². The molecular weight excluding hydrogens is 230 g/mol. The summed E-state index contributed by atoms with van der Waals surface area (Å²) in [6, 6.07) is 1.30. The van der Waals surface area contributed by atoms with Crippen molar-refractivity contribution < 1.29 is 9.90 Å². The van der Waals surface area contributed by atoms with E-state index in [0.717, 1.165) is 19.5 Å². The fraction of sp³-hybridized carbons (Fsp3) is 0.923. The standard InChI is InChI=1S/C13H25N3O2/c1-13(14-2,12(17)18)9-16-7-6-10-4-5-11(8-16)15(10)3/h10-11,14H,4-9H2,1-3H3,(H,17,18). The smallest absolute Gasteiger partial charge is 0.324 e. The van der Waals surface area contributed by atoms with Gasteiger partial charge in [0.1, 0.15) is 5.54 Å². The number of carbonyl (C=O) groups is 1. The molecule has 0 aromatic rings. The quantitative estimate of drug-likeness (QED) is 0.752. The number of nitrogens with one attached hydrogen (secondary N) is 1. The Labute approximate surface area is 109 Å². The lowest BCUT2D eigenvalue weighted by atomic mass is 10.0. The molecule has 0 aromatic carbocycles. The van der Waals surface area contributed by atoms with E-state index in [4.69, 9.17) is 0 Å². The molecule has 2 heterocycles. The van der Waals surface area contributed by atoms with Gasteiger partial charge in [-0.25, -0.2) is 0 Å². The number of hydrogen-bond acceptors (Lipinski definition) is 4. The molecule has 2 aliphatic rings. The van der Waals surface area contributed by atoms with Crippen LogP contribution in [0.3, 0.4) is 0 Å². The van der Waals surface area contributed by atoms with Crippen LogP contribution in [-0.4, -0.2) is 72.2 Å². The van der Waals surface area contributed by atoms with Crippen molar-refractivity contribution in [2.45, 2.75) is 43.8 Å². The molecule has 104 valence electrons. The highest BCUT2D eigenvalue weighted by molar-refractivity contribution is 5.78. The summed E-state index contributed by atoms with van der Waals surface area (Å²) < 4.78 is 0. The van der Waals surface area contributed by atoms with Gasteiger partial charge >= 0.3 is 5.97 Å². The summed E-state index contributed by atoms with van der Waals surface area (Å²) in [5.41, 5.74) is -0.845. The summed E-state index contributed by atoms with van der Waals surface area (Å²) in [4.78, 5) is 16.1. The Morgan fingerprint density at radius 3 is 2.67 bits per heavy atom. The van der Waals surface area contributed by atoms with Gasteiger partial charge in [0.05, 0.1) is 0 Å². The van der Waals surface area contributed by atoms with Gasteiger partial charge < -0.3 is 10.4 Å². The van der Waals surface area contributed by atoms with Gasteiger partial charge in [0.2, 0.25) is 0 Å². The molecule has 3 unspecified atom stereocenters. The highest BCUT2D eigenvalue weighted by Crippen LogP contribution is 2.28. The molecule has 2 aliphatic heterocycles. The van der Waals surface area contributed by atoms with Crippen molar-refractivity contribution in [3.05, 3.63) is 0 Å². The lowest BCUT2D eigenvalue weighted by Crippen LogP contribution is -2.56. The van der Waals surface area contributed by atoms with E-state index in [-0.39, 0.29) is 0 Å². The van der Waals surface area contributed by atoms with Gasteiger partial charge in [-0.15, -0.1) is 0 Å². The molecule has 2 saturated heterocycles. The van der Waals surface area contributed by atoms with E-state index >= 15 is 0 Å². The zero-order valence-corrected chi connectivity index (χ0v) is 11.6. The van der Waals surface area contributed by atoms with Crippen molar-refractivity contribution in [1.29, 1.82) is 0 Å². The summed E-state index contributed by atoms with van der Waals surface area (Å²) in [6.45, 7) is 4.35. The topological polar surface area (TPSA) is 55.8 Å². The predicted octanol–water partition coefficient (Wildman–Crippen LogP) is 0.218. The molecule has 2 N–H and O–H groups in total. The van der Waals surface area contributed by atoms with Gasteiger partial charge in [-0.3, -0.25) is 14.6 Å². The Morgan fingerprint density at radius 2 is 2.06 bits per heavy atom. The fourth-order valence-corrected chi connectivity index (χ4v) is 3.22. The number of likely N-dealkylation sites (tertiary alicyclic amines) is 1. The summed E-state index contributed by atoms with van der Waals surface area (Å²) in [7, 11) is 3.94. The third kappa shape index (κ3) is 2.53. The fourth-order valence-electron chi connectivity index (χ4n) is 3.22. The van der Waals surface area contributed by atoms with Crippen LogP contribution < -0.4 is 5.32 Å². The van der Waals surface area contributed by atoms with Gasteiger partial charge in [-0.2, -0.15) is 0 Å². The predicted molar refractivity (Wildman–Crippen MR) is 70.7 cm³/mol. The minimum Gasteiger partial charge on any atom is -0.480 e. The second kappa shape index (κ2) is 5.15. The number of hydrogen-bond donors (Lipinski definition) is 2. The maximum Gasteiger partial charge on any atom is 0.324 e. The van der Waals surface area contributed by atoms with Crippen LogP contribution in [0.4, 0.5) is 0 Å². The monoisotopic (exact) mass is 255 g/mol. The Hall–Kier alpha value is -0.650. The van der Waals surface area contributed by atoms with Crippen LogP contribution in [0.5, 0.6) is 0 Å². The van der Waals surface area contributed by atoms with Crippen molar-refractivity contribution >= 4 is 5.97 Å². The van der Waals surface area contributed by atoms with Crippen molar-refractivity contribution in [2.75, 3.05) is 33.7 Å². The molecule has 0 amide bonds. The zero-order valence-electron chi connectivity index (χ0n) is 11.6. The van der Waals surface area contributed by atoms with E-state index in [1.165, 1.54) is 12.8 Å². The first kappa shape index (κ1) is 13.8. The molecule has 5 nitrogen and oxygen atoms in total. The minimum atomic E-state index is -0.845. The third-order valence-corrected chi connectivity index (χ3v) is 4.80. The van der Waals surface area contributed by atoms with Crippen molar-refractivity contribution in [2.24, 2.45) is 0 Å². The zero-order chi connectivity index (χ0) is 13.3. The molecule has 2 bridgehead atoms. The highest BCUT2D eigenvalue weighted by Gasteiger charge is 2.38. The molecule has 0 aromatic heterocycles. The number of carboxylic acid groups (broad SMARTS) is 1. The Bertz CT molecular complexity index is 323. The number of nitrogens with zero attached hydrogens (tertiary/aromatic N) is 2. The second-order valence-corrected chi connectivity index (χ2v) is 5.96. The molecule has 0 aliphatic carbocycles. The first-order valence-electron chi connectivity index (χ1n) is 6.83. The minimum absolute atomic E-state index is 0.579. The summed E-state index contributed by atoms with van der Waals surface area (Å²) >= 11 is 0. The normalized spacial score (nSPS) is 33.1. The van der Waals surface area contributed by atoms with Gasteiger partial charge in [-0.1, -0.05) is 0 Å². The van der Waals surface area contributed by atoms with Crippen LogP contribution in [-0.2, 0) is 4.79 Å². The summed E-state index contributed by atoms with van der Waals surface area (Å²) in [5.74, 6) is -0.771. The average molecular weight is 255 g/mol. The number of rotatable bonds is 4. The average Bonchev–Trinajstić information content (AvgIpc) is 2.57. The highest BCUT2D eigenvalue weighted by atomic mass is 16.4. The third-order valence-electron chi connectivity index (χ3n) is 4.80. The first-order chi connectivity index (χ1) is 8.46. The Balaban J connectivity index is 2.00. The number of carboxylic acids is 1. The lowest BCUT2D eigenvalue weighted by Gasteiger charge is -2.33. The van der Waals surface area contributed by atoms with E-state index in [9.17, 15) is 9.90 Å². The second-order valence-electron chi connectivity index (χ2n) is 5.96. The van der Waals surface area contributed by atoms with Crippen LogP contribution >= 0.6 is 0 Å². The maximum absolute atomic E-state index is 11.3. The summed E-state index contributed by atoms with van der Waals surface area (Å²) in [5, 5.41) is 12.3. The van der Waals surface area contributed by atoms with Gasteiger partial charge in [0.25, 0.3) is 0 Å². The maximum atomic E-state index is 11.3. The molecule has 5 heteroatoms. The van der Waals surface area contributed by atoms with Crippen LogP contribution in [0.25, 0.3) is 0 Å². The number of aliphatic carboxylic acids is 1. The number of fused-ring (bicyclic) bond motifs is 2. The first-order valence-corrected chi connectivity index (χ1v) is 6.83. The van der Waals surface area contributed by atoms with Gasteiger partial charge in [0.15, 0.2) is 0 Å².